The van der Waals surface area contributed by atoms with Gasteiger partial charge in [0.1, 0.15) is 22.8 Å². The predicted molar refractivity (Wildman–Crippen MR) is 163 cm³/mol. The van der Waals surface area contributed by atoms with Crippen LogP contribution in [0.15, 0.2) is 59.4 Å². The van der Waals surface area contributed by atoms with Crippen molar-refractivity contribution < 1.29 is 34.8 Å². The SMILES string of the molecule is CC(C)[C@@H]1C(=O)C(C(N)=O)=C(O)[C@@]2(O)C(=O)C3=C(O)c4c(ccc(NC5CCN(Cc6ccccc6)CC5)c4O)C[C@H]3C[C@@H]12. The molecule has 2 fully saturated rings. The highest BCUT2D eigenvalue weighted by Gasteiger charge is 2.64. The minimum Gasteiger partial charge on any atom is -0.508 e. The monoisotopic (exact) mass is 601 g/mol. The first-order chi connectivity index (χ1) is 20.9. The molecule has 10 heteroatoms. The third-order valence-corrected chi connectivity index (χ3v) is 10.0. The van der Waals surface area contributed by atoms with Gasteiger partial charge in [-0.15, -0.1) is 0 Å². The van der Waals surface area contributed by atoms with Crippen molar-refractivity contribution in [3.8, 4) is 5.75 Å². The molecular weight excluding hydrogens is 562 g/mol. The van der Waals surface area contributed by atoms with Crippen LogP contribution in [0.4, 0.5) is 5.69 Å². The number of carbonyl (C=O) groups is 3. The summed E-state index contributed by atoms with van der Waals surface area (Å²) in [6, 6.07) is 14.0. The zero-order valence-corrected chi connectivity index (χ0v) is 24.9. The molecule has 0 aromatic heterocycles. The molecule has 0 unspecified atom stereocenters. The molecule has 232 valence electrons. The highest BCUT2D eigenvalue weighted by atomic mass is 16.3. The zero-order valence-electron chi connectivity index (χ0n) is 24.9. The number of piperidine rings is 1. The van der Waals surface area contributed by atoms with Gasteiger partial charge in [0.2, 0.25) is 5.78 Å². The second-order valence-electron chi connectivity index (χ2n) is 13.0. The van der Waals surface area contributed by atoms with E-state index in [0.717, 1.165) is 32.5 Å². The first-order valence-electron chi connectivity index (χ1n) is 15.3. The van der Waals surface area contributed by atoms with E-state index in [9.17, 15) is 34.8 Å². The fraction of sp³-hybridized carbons (Fsp3) is 0.441. The molecule has 3 aliphatic carbocycles. The number of carbonyl (C=O) groups excluding carboxylic acids is 3. The van der Waals surface area contributed by atoms with Crippen LogP contribution in [0.1, 0.15) is 49.8 Å². The van der Waals surface area contributed by atoms with E-state index in [2.05, 4.69) is 22.3 Å². The van der Waals surface area contributed by atoms with Gasteiger partial charge in [-0.1, -0.05) is 50.2 Å². The Hall–Kier alpha value is -4.15. The van der Waals surface area contributed by atoms with Crippen LogP contribution in [0.25, 0.3) is 5.76 Å². The molecule has 1 saturated heterocycles. The quantitative estimate of drug-likeness (QED) is 0.214. The number of primary amides is 1. The van der Waals surface area contributed by atoms with E-state index in [4.69, 9.17) is 5.73 Å². The van der Waals surface area contributed by atoms with Crippen LogP contribution in [0, 0.1) is 23.7 Å². The van der Waals surface area contributed by atoms with Crippen LogP contribution in [0.5, 0.6) is 5.75 Å². The second kappa shape index (κ2) is 11.1. The minimum absolute atomic E-state index is 0.0944. The maximum atomic E-state index is 14.0. The summed E-state index contributed by atoms with van der Waals surface area (Å²) in [6.07, 6.45) is 2.10. The van der Waals surface area contributed by atoms with Crippen molar-refractivity contribution in [3.05, 3.63) is 76.1 Å². The van der Waals surface area contributed by atoms with E-state index >= 15 is 0 Å². The molecule has 44 heavy (non-hydrogen) atoms. The number of fused-ring (bicyclic) bond motifs is 3. The summed E-state index contributed by atoms with van der Waals surface area (Å²) in [5.41, 5.74) is 4.31. The number of nitrogens with zero attached hydrogens (tertiary/aromatic N) is 1. The van der Waals surface area contributed by atoms with Crippen LogP contribution in [0.3, 0.4) is 0 Å². The highest BCUT2D eigenvalue weighted by Crippen LogP contribution is 2.55. The maximum absolute atomic E-state index is 14.0. The third-order valence-electron chi connectivity index (χ3n) is 10.0. The number of likely N-dealkylation sites (tertiary alicyclic amines) is 1. The number of aliphatic hydroxyl groups excluding tert-OH is 2. The molecule has 1 heterocycles. The fourth-order valence-corrected chi connectivity index (χ4v) is 7.87. The number of ketones is 2. The Morgan fingerprint density at radius 3 is 2.39 bits per heavy atom. The van der Waals surface area contributed by atoms with Gasteiger partial charge in [-0.3, -0.25) is 19.3 Å². The smallest absolute Gasteiger partial charge is 0.255 e. The Morgan fingerprint density at radius 2 is 1.75 bits per heavy atom. The number of anilines is 1. The highest BCUT2D eigenvalue weighted by molar-refractivity contribution is 6.23. The number of hydrogen-bond acceptors (Lipinski definition) is 9. The van der Waals surface area contributed by atoms with Gasteiger partial charge in [-0.2, -0.15) is 0 Å². The van der Waals surface area contributed by atoms with Gasteiger partial charge in [0.25, 0.3) is 5.91 Å². The van der Waals surface area contributed by atoms with Crippen LogP contribution < -0.4 is 11.1 Å². The average molecular weight is 602 g/mol. The number of nitrogens with one attached hydrogen (secondary N) is 1. The lowest BCUT2D eigenvalue weighted by molar-refractivity contribution is -0.155. The lowest BCUT2D eigenvalue weighted by Crippen LogP contribution is -2.62. The third kappa shape index (κ3) is 4.68. The van der Waals surface area contributed by atoms with E-state index in [1.54, 1.807) is 19.9 Å². The Morgan fingerprint density at radius 1 is 1.07 bits per heavy atom. The Labute approximate surface area is 255 Å². The maximum Gasteiger partial charge on any atom is 0.255 e. The summed E-state index contributed by atoms with van der Waals surface area (Å²) >= 11 is 0. The van der Waals surface area contributed by atoms with Gasteiger partial charge >= 0.3 is 0 Å². The van der Waals surface area contributed by atoms with Gasteiger partial charge in [0.15, 0.2) is 11.4 Å². The topological polar surface area (TPSA) is 173 Å². The zero-order chi connectivity index (χ0) is 31.5. The Balaban J connectivity index is 1.28. The molecule has 1 saturated carbocycles. The van der Waals surface area contributed by atoms with E-state index in [-0.39, 0.29) is 41.7 Å². The number of phenols is 1. The largest absolute Gasteiger partial charge is 0.508 e. The van der Waals surface area contributed by atoms with Gasteiger partial charge in [-0.25, -0.2) is 0 Å². The van der Waals surface area contributed by atoms with Crippen LogP contribution >= 0.6 is 0 Å². The van der Waals surface area contributed by atoms with Crippen molar-refractivity contribution in [3.63, 3.8) is 0 Å². The van der Waals surface area contributed by atoms with Crippen molar-refractivity contribution in [2.75, 3.05) is 18.4 Å². The number of phenolic OH excluding ortho intramolecular Hbond substituents is 1. The predicted octanol–water partition coefficient (Wildman–Crippen LogP) is 3.38. The summed E-state index contributed by atoms with van der Waals surface area (Å²) in [5.74, 6) is -7.54. The molecule has 2 aromatic rings. The van der Waals surface area contributed by atoms with E-state index in [0.29, 0.717) is 11.3 Å². The van der Waals surface area contributed by atoms with Gasteiger partial charge < -0.3 is 31.5 Å². The summed E-state index contributed by atoms with van der Waals surface area (Å²) in [6.45, 7) is 6.13. The van der Waals surface area contributed by atoms with E-state index < -0.39 is 57.9 Å². The minimum atomic E-state index is -2.61. The number of hydrogen-bond donors (Lipinski definition) is 6. The summed E-state index contributed by atoms with van der Waals surface area (Å²) in [7, 11) is 0. The Bertz CT molecular complexity index is 1590. The molecule has 10 nitrogen and oxygen atoms in total. The number of nitrogens with two attached hydrogens (primary N) is 1. The van der Waals surface area contributed by atoms with Crippen LogP contribution in [0.2, 0.25) is 0 Å². The normalized spacial score (nSPS) is 27.7. The molecule has 4 aliphatic rings. The van der Waals surface area contributed by atoms with Crippen molar-refractivity contribution in [1.82, 2.24) is 4.90 Å². The van der Waals surface area contributed by atoms with Gasteiger partial charge in [0, 0.05) is 43.1 Å². The second-order valence-corrected chi connectivity index (χ2v) is 13.0. The standard InChI is InChI=1S/C34H39N3O7/c1-17(2)24-22-15-20-14-19-8-9-23(36-21-10-12-37(13-11-21)16-18-6-4-3-5-7-18)28(38)25(19)30(40)26(20)31(41)34(22,44)32(42)27(29(24)39)33(35)43/h3-9,17,20-22,24,36,38,40,42,44H,10-16H2,1-2H3,(H2,35,43)/t20-,22-,24-,34-/m0/s1. The number of rotatable bonds is 6. The molecule has 7 N–H and O–H groups in total. The van der Waals surface area contributed by atoms with Crippen molar-refractivity contribution in [2.45, 2.75) is 57.7 Å². The van der Waals surface area contributed by atoms with Crippen molar-refractivity contribution in [2.24, 2.45) is 29.4 Å². The average Bonchev–Trinajstić information content (AvgIpc) is 2.97. The van der Waals surface area contributed by atoms with Crippen LogP contribution in [-0.4, -0.2) is 67.5 Å². The Kier molecular flexibility index (Phi) is 7.53. The molecule has 0 bridgehead atoms. The molecule has 0 radical (unpaired) electrons. The summed E-state index contributed by atoms with van der Waals surface area (Å²) < 4.78 is 0. The molecule has 1 amide bonds. The lowest BCUT2D eigenvalue weighted by atomic mass is 9.54. The van der Waals surface area contributed by atoms with Crippen molar-refractivity contribution >= 4 is 28.9 Å². The van der Waals surface area contributed by atoms with Gasteiger partial charge in [0.05, 0.1) is 11.3 Å². The van der Waals surface area contributed by atoms with E-state index in [1.807, 2.05) is 24.3 Å². The summed E-state index contributed by atoms with van der Waals surface area (Å²) in [5, 5.41) is 49.1. The number of aliphatic hydroxyl groups is 3. The first kappa shape index (κ1) is 29.9. The van der Waals surface area contributed by atoms with Crippen molar-refractivity contribution in [1.29, 1.82) is 0 Å². The molecule has 1 aliphatic heterocycles. The number of benzene rings is 2. The van der Waals surface area contributed by atoms with E-state index in [1.165, 1.54) is 5.56 Å². The number of aromatic hydroxyl groups is 1. The fourth-order valence-electron chi connectivity index (χ4n) is 7.87. The molecule has 4 atom stereocenters. The molecule has 2 aromatic carbocycles. The van der Waals surface area contributed by atoms with Gasteiger partial charge in [-0.05, 0) is 54.7 Å². The molecule has 6 rings (SSSR count). The van der Waals surface area contributed by atoms with Crippen LogP contribution in [-0.2, 0) is 27.3 Å². The lowest BCUT2D eigenvalue weighted by Gasteiger charge is -2.50. The molecular formula is C34H39N3O7. The number of Topliss-reactive ketones (excluding diaryl/α,β-unsaturated/α-hetero) is 2. The molecule has 0 spiro atoms. The number of amides is 1. The first-order valence-corrected chi connectivity index (χ1v) is 15.3. The summed E-state index contributed by atoms with van der Waals surface area (Å²) in [4.78, 5) is 41.9.